The van der Waals surface area contributed by atoms with E-state index < -0.39 is 5.97 Å². The highest BCUT2D eigenvalue weighted by atomic mass is 16.6. The number of benzene rings is 2. The number of esters is 1. The van der Waals surface area contributed by atoms with Crippen molar-refractivity contribution in [3.8, 4) is 5.75 Å². The molecule has 0 saturated heterocycles. The molecule has 6 nitrogen and oxygen atoms in total. The van der Waals surface area contributed by atoms with E-state index in [1.54, 1.807) is 24.3 Å². The fraction of sp³-hybridized carbons (Fsp3) is 0.300. The second-order valence-electron chi connectivity index (χ2n) is 6.05. The first-order valence-electron chi connectivity index (χ1n) is 8.49. The maximum absolute atomic E-state index is 12.3. The quantitative estimate of drug-likeness (QED) is 0.585. The number of carbonyl (C=O) groups is 2. The summed E-state index contributed by atoms with van der Waals surface area (Å²) in [6.07, 6.45) is 0. The number of para-hydroxylation sites is 2. The molecule has 0 atom stereocenters. The van der Waals surface area contributed by atoms with Crippen LogP contribution in [0.15, 0.2) is 48.5 Å². The molecule has 2 rings (SSSR count). The van der Waals surface area contributed by atoms with E-state index >= 15 is 0 Å². The minimum absolute atomic E-state index is 0.00675. The number of aryl methyl sites for hydroxylation is 1. The highest BCUT2D eigenvalue weighted by Crippen LogP contribution is 2.17. The molecule has 0 radical (unpaired) electrons. The van der Waals surface area contributed by atoms with Crippen molar-refractivity contribution in [2.24, 2.45) is 0 Å². The molecule has 2 N–H and O–H groups in total. The summed E-state index contributed by atoms with van der Waals surface area (Å²) in [4.78, 5) is 24.2. The lowest BCUT2D eigenvalue weighted by Gasteiger charge is -2.13. The van der Waals surface area contributed by atoms with Crippen molar-refractivity contribution < 1.29 is 19.1 Å². The van der Waals surface area contributed by atoms with E-state index in [1.165, 1.54) is 0 Å². The van der Waals surface area contributed by atoms with Gasteiger partial charge in [0.15, 0.2) is 0 Å². The maximum Gasteiger partial charge on any atom is 0.340 e. The van der Waals surface area contributed by atoms with Crippen molar-refractivity contribution in [3.63, 3.8) is 0 Å². The number of urea groups is 1. The predicted octanol–water partition coefficient (Wildman–Crippen LogP) is 3.76. The minimum atomic E-state index is -0.515. The number of ether oxygens (including phenoxy) is 2. The lowest BCUT2D eigenvalue weighted by atomic mass is 10.2. The Bertz CT molecular complexity index is 759. The number of hydrogen-bond acceptors (Lipinski definition) is 4. The number of carbonyl (C=O) groups excluding carboxylic acids is 2. The van der Waals surface area contributed by atoms with Crippen LogP contribution >= 0.6 is 0 Å². The standard InChI is InChI=1S/C20H24N2O4/c1-14(2)21-20(24)22-17-10-6-5-9-16(17)19(23)26-13-12-25-18-11-7-4-8-15(18)3/h4-11,14H,12-13H2,1-3H3,(H2,21,22,24). The molecule has 2 aromatic rings. The Labute approximate surface area is 153 Å². The molecule has 0 saturated carbocycles. The summed E-state index contributed by atoms with van der Waals surface area (Å²) in [6, 6.07) is 14.0. The monoisotopic (exact) mass is 356 g/mol. The van der Waals surface area contributed by atoms with E-state index in [9.17, 15) is 9.59 Å². The smallest absolute Gasteiger partial charge is 0.340 e. The number of amides is 2. The van der Waals surface area contributed by atoms with Crippen LogP contribution < -0.4 is 15.4 Å². The molecule has 2 aromatic carbocycles. The SMILES string of the molecule is Cc1ccccc1OCCOC(=O)c1ccccc1NC(=O)NC(C)C. The largest absolute Gasteiger partial charge is 0.490 e. The van der Waals surface area contributed by atoms with Crippen LogP contribution in [-0.2, 0) is 4.74 Å². The van der Waals surface area contributed by atoms with Crippen LogP contribution in [0.4, 0.5) is 10.5 Å². The predicted molar refractivity (Wildman–Crippen MR) is 101 cm³/mol. The summed E-state index contributed by atoms with van der Waals surface area (Å²) < 4.78 is 10.9. The molecule has 0 heterocycles. The Hall–Kier alpha value is -3.02. The highest BCUT2D eigenvalue weighted by molar-refractivity contribution is 6.00. The summed E-state index contributed by atoms with van der Waals surface area (Å²) in [7, 11) is 0. The molecule has 0 aliphatic carbocycles. The molecule has 0 unspecified atom stereocenters. The van der Waals surface area contributed by atoms with Gasteiger partial charge in [0.1, 0.15) is 19.0 Å². The first-order valence-corrected chi connectivity index (χ1v) is 8.49. The van der Waals surface area contributed by atoms with Gasteiger partial charge in [0.2, 0.25) is 0 Å². The van der Waals surface area contributed by atoms with Crippen LogP contribution in [0, 0.1) is 6.92 Å². The number of anilines is 1. The molecule has 6 heteroatoms. The minimum Gasteiger partial charge on any atom is -0.490 e. The topological polar surface area (TPSA) is 76.7 Å². The summed E-state index contributed by atoms with van der Waals surface area (Å²) in [5.74, 6) is 0.245. The Morgan fingerprint density at radius 1 is 1.00 bits per heavy atom. The fourth-order valence-corrected chi connectivity index (χ4v) is 2.27. The van der Waals surface area contributed by atoms with Gasteiger partial charge in [0, 0.05) is 6.04 Å². The highest BCUT2D eigenvalue weighted by Gasteiger charge is 2.14. The first kappa shape index (κ1) is 19.3. The van der Waals surface area contributed by atoms with Gasteiger partial charge in [0.05, 0.1) is 11.3 Å². The summed E-state index contributed by atoms with van der Waals surface area (Å²) in [5.41, 5.74) is 1.71. The normalized spacial score (nSPS) is 10.3. The molecule has 0 bridgehead atoms. The molecule has 0 fully saturated rings. The lowest BCUT2D eigenvalue weighted by molar-refractivity contribution is 0.0451. The van der Waals surface area contributed by atoms with Crippen LogP contribution in [0.3, 0.4) is 0 Å². The number of rotatable bonds is 7. The van der Waals surface area contributed by atoms with Crippen LogP contribution in [0.5, 0.6) is 5.75 Å². The van der Waals surface area contributed by atoms with Crippen molar-refractivity contribution >= 4 is 17.7 Å². The zero-order valence-electron chi connectivity index (χ0n) is 15.2. The molecular weight excluding hydrogens is 332 g/mol. The second-order valence-corrected chi connectivity index (χ2v) is 6.05. The van der Waals surface area contributed by atoms with E-state index in [0.29, 0.717) is 11.3 Å². The van der Waals surface area contributed by atoms with Crippen LogP contribution in [0.1, 0.15) is 29.8 Å². The summed E-state index contributed by atoms with van der Waals surface area (Å²) in [5, 5.41) is 5.38. The van der Waals surface area contributed by atoms with Gasteiger partial charge in [-0.2, -0.15) is 0 Å². The van der Waals surface area contributed by atoms with E-state index in [-0.39, 0.29) is 25.3 Å². The molecule has 0 aliphatic rings. The van der Waals surface area contributed by atoms with Gasteiger partial charge in [-0.3, -0.25) is 0 Å². The summed E-state index contributed by atoms with van der Waals surface area (Å²) in [6.45, 7) is 6.02. The molecule has 0 aliphatic heterocycles. The van der Waals surface area contributed by atoms with E-state index in [0.717, 1.165) is 11.3 Å². The van der Waals surface area contributed by atoms with Gasteiger partial charge >= 0.3 is 12.0 Å². The van der Waals surface area contributed by atoms with Crippen molar-refractivity contribution in [2.75, 3.05) is 18.5 Å². The zero-order chi connectivity index (χ0) is 18.9. The third-order valence-electron chi connectivity index (χ3n) is 3.48. The Morgan fingerprint density at radius 3 is 2.42 bits per heavy atom. The van der Waals surface area contributed by atoms with E-state index in [2.05, 4.69) is 10.6 Å². The van der Waals surface area contributed by atoms with E-state index in [4.69, 9.17) is 9.47 Å². The Balaban J connectivity index is 1.89. The summed E-state index contributed by atoms with van der Waals surface area (Å²) >= 11 is 0. The van der Waals surface area contributed by atoms with Gasteiger partial charge in [-0.05, 0) is 44.5 Å². The average molecular weight is 356 g/mol. The van der Waals surface area contributed by atoms with Crippen molar-refractivity contribution in [1.29, 1.82) is 0 Å². The van der Waals surface area contributed by atoms with Gasteiger partial charge < -0.3 is 20.1 Å². The molecule has 26 heavy (non-hydrogen) atoms. The van der Waals surface area contributed by atoms with Crippen molar-refractivity contribution in [3.05, 3.63) is 59.7 Å². The van der Waals surface area contributed by atoms with Gasteiger partial charge in [0.25, 0.3) is 0 Å². The van der Waals surface area contributed by atoms with Gasteiger partial charge in [-0.1, -0.05) is 30.3 Å². The Morgan fingerprint density at radius 2 is 1.69 bits per heavy atom. The van der Waals surface area contributed by atoms with Crippen molar-refractivity contribution in [1.82, 2.24) is 5.32 Å². The van der Waals surface area contributed by atoms with Gasteiger partial charge in [-0.25, -0.2) is 9.59 Å². The second kappa shape index (κ2) is 9.46. The lowest BCUT2D eigenvalue weighted by Crippen LogP contribution is -2.34. The molecule has 138 valence electrons. The van der Waals surface area contributed by atoms with Crippen molar-refractivity contribution in [2.45, 2.75) is 26.8 Å². The van der Waals surface area contributed by atoms with Crippen LogP contribution in [0.25, 0.3) is 0 Å². The van der Waals surface area contributed by atoms with Gasteiger partial charge in [-0.15, -0.1) is 0 Å². The fourth-order valence-electron chi connectivity index (χ4n) is 2.27. The first-order chi connectivity index (χ1) is 12.5. The molecule has 0 spiro atoms. The molecular formula is C20H24N2O4. The third kappa shape index (κ3) is 5.81. The van der Waals surface area contributed by atoms with E-state index in [1.807, 2.05) is 45.0 Å². The Kier molecular flexibility index (Phi) is 7.02. The molecule has 2 amide bonds. The number of hydrogen-bond donors (Lipinski definition) is 2. The van der Waals surface area contributed by atoms with Crippen LogP contribution in [-0.4, -0.2) is 31.3 Å². The average Bonchev–Trinajstić information content (AvgIpc) is 2.59. The number of nitrogens with one attached hydrogen (secondary N) is 2. The molecule has 0 aromatic heterocycles. The maximum atomic E-state index is 12.3. The van der Waals surface area contributed by atoms with Crippen LogP contribution in [0.2, 0.25) is 0 Å². The zero-order valence-corrected chi connectivity index (χ0v) is 15.2. The third-order valence-corrected chi connectivity index (χ3v) is 3.48.